The molecule has 3 aromatic carbocycles. The van der Waals surface area contributed by atoms with E-state index in [1.165, 1.54) is 0 Å². The molecule has 0 saturated carbocycles. The number of piperazine rings is 1. The Kier molecular flexibility index (Phi) is 26.0. The quantitative estimate of drug-likeness (QED) is 0.0174. The van der Waals surface area contributed by atoms with Crippen LogP contribution in [0.2, 0.25) is 0 Å². The van der Waals surface area contributed by atoms with Gasteiger partial charge in [0.25, 0.3) is 11.8 Å². The number of urea groups is 1. The summed E-state index contributed by atoms with van der Waals surface area (Å²) in [7, 11) is 0. The van der Waals surface area contributed by atoms with E-state index in [1.54, 1.807) is 30.5 Å². The molecule has 22 heteroatoms. The average molecular weight is 1230 g/mol. The Labute approximate surface area is 521 Å². The maximum Gasteiger partial charge on any atom is 0.315 e. The van der Waals surface area contributed by atoms with Crippen LogP contribution in [0.4, 0.5) is 4.79 Å². The third kappa shape index (κ3) is 21.4. The van der Waals surface area contributed by atoms with Gasteiger partial charge in [-0.1, -0.05) is 73.5 Å². The predicted octanol–water partition coefficient (Wildman–Crippen LogP) is 5.01. The van der Waals surface area contributed by atoms with Gasteiger partial charge in [-0.2, -0.15) is 11.8 Å². The Bertz CT molecular complexity index is 2900. The second kappa shape index (κ2) is 34.1. The van der Waals surface area contributed by atoms with Gasteiger partial charge in [-0.15, -0.1) is 0 Å². The maximum atomic E-state index is 14.6. The lowest BCUT2D eigenvalue weighted by Gasteiger charge is -2.42. The van der Waals surface area contributed by atoms with Crippen LogP contribution in [-0.4, -0.2) is 181 Å². The van der Waals surface area contributed by atoms with Crippen LogP contribution in [0.1, 0.15) is 128 Å². The van der Waals surface area contributed by atoms with Gasteiger partial charge < -0.3 is 56.5 Å². The van der Waals surface area contributed by atoms with Crippen LogP contribution in [0.25, 0.3) is 0 Å². The number of nitrogens with one attached hydrogen (secondary N) is 7. The van der Waals surface area contributed by atoms with Crippen LogP contribution in [0.5, 0.6) is 0 Å². The number of hydrogen-bond donors (Lipinski definition) is 8. The number of unbranched alkanes of at least 4 members (excludes halogenated alkanes) is 3. The van der Waals surface area contributed by atoms with Crippen molar-refractivity contribution in [2.24, 2.45) is 5.92 Å². The zero-order valence-corrected chi connectivity index (χ0v) is 52.0. The van der Waals surface area contributed by atoms with Gasteiger partial charge in [0.1, 0.15) is 12.1 Å². The zero-order chi connectivity index (χ0) is 62.3. The van der Waals surface area contributed by atoms with E-state index in [1.807, 2.05) is 105 Å². The summed E-state index contributed by atoms with van der Waals surface area (Å²) >= 11 is 1.88. The van der Waals surface area contributed by atoms with E-state index in [0.29, 0.717) is 114 Å². The molecule has 0 spiro atoms. The Morgan fingerprint density at radius 2 is 1.45 bits per heavy atom. The third-order valence-corrected chi connectivity index (χ3v) is 17.8. The average Bonchev–Trinajstić information content (AvgIpc) is 3.28. The molecule has 3 fully saturated rings. The zero-order valence-electron chi connectivity index (χ0n) is 51.2. The van der Waals surface area contributed by atoms with Crippen molar-refractivity contribution in [3.63, 3.8) is 0 Å². The summed E-state index contributed by atoms with van der Waals surface area (Å²) in [6.07, 6.45) is 7.92. The fourth-order valence-electron chi connectivity index (χ4n) is 11.8. The van der Waals surface area contributed by atoms with Crippen LogP contribution >= 0.6 is 11.8 Å². The van der Waals surface area contributed by atoms with Crippen molar-refractivity contribution in [2.75, 3.05) is 78.0 Å². The number of rotatable bonds is 34. The molecule has 4 aliphatic rings. The lowest BCUT2D eigenvalue weighted by molar-refractivity contribution is -0.153. The third-order valence-electron chi connectivity index (χ3n) is 16.3. The molecule has 1 aromatic heterocycles. The number of esters is 1. The number of thioether (sulfide) groups is 1. The molecule has 7 amide bonds. The number of fused-ring (bicyclic) bond motifs is 2. The molecule has 0 radical (unpaired) electrons. The van der Waals surface area contributed by atoms with Gasteiger partial charge in [0.05, 0.1) is 50.7 Å². The largest absolute Gasteiger partial charge is 0.461 e. The highest BCUT2D eigenvalue weighted by molar-refractivity contribution is 8.00. The fraction of sp³-hybridized carbons (Fsp3) is 0.545. The fourth-order valence-corrected chi connectivity index (χ4v) is 13.4. The first-order valence-electron chi connectivity index (χ1n) is 31.3. The first-order valence-corrected chi connectivity index (χ1v) is 32.3. The van der Waals surface area contributed by atoms with Crippen molar-refractivity contribution in [3.8, 4) is 0 Å². The van der Waals surface area contributed by atoms with Crippen LogP contribution in [0, 0.1) is 5.92 Å². The molecular weight excluding hydrogens is 1140 g/mol. The summed E-state index contributed by atoms with van der Waals surface area (Å²) in [4.78, 5) is 101. The van der Waals surface area contributed by atoms with Crippen molar-refractivity contribution < 1.29 is 52.9 Å². The van der Waals surface area contributed by atoms with Gasteiger partial charge in [0, 0.05) is 118 Å². The van der Waals surface area contributed by atoms with Gasteiger partial charge in [-0.3, -0.25) is 43.6 Å². The first-order chi connectivity index (χ1) is 42.5. The summed E-state index contributed by atoms with van der Waals surface area (Å²) < 4.78 is 17.6. The van der Waals surface area contributed by atoms with E-state index < -0.39 is 41.7 Å². The van der Waals surface area contributed by atoms with Gasteiger partial charge in [0.2, 0.25) is 17.7 Å². The van der Waals surface area contributed by atoms with E-state index in [9.17, 15) is 38.7 Å². The van der Waals surface area contributed by atoms with Crippen molar-refractivity contribution in [1.29, 1.82) is 0 Å². The smallest absolute Gasteiger partial charge is 0.315 e. The van der Waals surface area contributed by atoms with Crippen LogP contribution in [-0.2, 0) is 52.8 Å². The number of nitrogens with zero attached hydrogens (tertiary/aromatic N) is 3. The Hall–Kier alpha value is -6.95. The molecule has 1 aliphatic carbocycles. The molecule has 3 saturated heterocycles. The number of pyridine rings is 1. The molecular formula is C66H90N10O11S. The number of hydrogen-bond acceptors (Lipinski definition) is 15. The standard InChI is InChI=1S/C66H90N10O11S/c1-66(2,3)74-64(83)54-43-75(41-46-17-14-27-67-40-46)31-32-76(54)42-51(38-50(37-45-15-6-4-7-16-45)63(82)72-59-52-19-10-9-18-49(52)39-55(59)77)87-58(79)22-8-5-13-28-69-61(80)47-23-25-48(26-24-47)62(81)70-30-34-86-36-35-85-33-29-68-57(78)21-12-11-20-56-60-53(44-88-56)71-65(84)73-60/h4,6-7,9-10,14-19,23-27,40,50-51,53-56,59-60,77H,5,8,11-13,20-22,28-39,41-44H2,1-3H3,(H,68,78)(H,69,80)(H,70,81)(H,72,82)(H,74,83)(H2,71,73,84)/t50-,51+,53+,54+,55-,56+,59+,60+/m1/s1. The second-order valence-electron chi connectivity index (χ2n) is 24.4. The van der Waals surface area contributed by atoms with E-state index >= 15 is 0 Å². The van der Waals surface area contributed by atoms with Crippen molar-refractivity contribution >= 4 is 53.3 Å². The minimum atomic E-state index is -0.795. The van der Waals surface area contributed by atoms with E-state index in [2.05, 4.69) is 52.0 Å². The lowest BCUT2D eigenvalue weighted by atomic mass is 9.91. The number of aromatic nitrogens is 1. The molecule has 0 bridgehead atoms. The van der Waals surface area contributed by atoms with E-state index in [-0.39, 0.29) is 80.2 Å². The summed E-state index contributed by atoms with van der Waals surface area (Å²) in [5, 5.41) is 32.5. The minimum Gasteiger partial charge on any atom is -0.461 e. The lowest BCUT2D eigenvalue weighted by Crippen LogP contribution is -2.62. The number of amides is 7. The highest BCUT2D eigenvalue weighted by atomic mass is 32.2. The van der Waals surface area contributed by atoms with Crippen molar-refractivity contribution in [3.05, 3.63) is 137 Å². The number of aliphatic hydroxyl groups is 1. The summed E-state index contributed by atoms with van der Waals surface area (Å²) in [5.41, 5.74) is 4.13. The number of benzene rings is 3. The summed E-state index contributed by atoms with van der Waals surface area (Å²) in [6.45, 7) is 10.6. The number of carbonyl (C=O) groups excluding carboxylic acids is 7. The van der Waals surface area contributed by atoms with Crippen LogP contribution < -0.4 is 37.2 Å². The summed E-state index contributed by atoms with van der Waals surface area (Å²) in [6, 6.07) is 26.9. The predicted molar refractivity (Wildman–Crippen MR) is 336 cm³/mol. The van der Waals surface area contributed by atoms with Gasteiger partial charge >= 0.3 is 12.0 Å². The molecule has 4 heterocycles. The second-order valence-corrected chi connectivity index (χ2v) is 25.7. The molecule has 0 unspecified atom stereocenters. The molecule has 8 N–H and O–H groups in total. The van der Waals surface area contributed by atoms with Crippen LogP contribution in [0.15, 0.2) is 103 Å². The molecule has 8 rings (SSSR count). The first kappa shape index (κ1) is 67.0. The summed E-state index contributed by atoms with van der Waals surface area (Å²) in [5.74, 6) is -1.15. The Morgan fingerprint density at radius 3 is 2.18 bits per heavy atom. The van der Waals surface area contributed by atoms with Crippen molar-refractivity contribution in [1.82, 2.24) is 52.0 Å². The van der Waals surface area contributed by atoms with Gasteiger partial charge in [-0.05, 0) is 112 Å². The highest BCUT2D eigenvalue weighted by Gasteiger charge is 2.43. The SMILES string of the molecule is CC(C)(C)NC(=O)[C@@H]1CN(Cc2cccnc2)CCN1C[C@H](C[C@@H](Cc1ccccc1)C(=O)N[C@H]1c2ccccc2C[C@H]1O)OC(=O)CCCCCNC(=O)c1ccc(C(=O)NCCOCCOCCNC(=O)CCCC[C@@H]2SC[C@@H]3NC(=O)N[C@@H]32)cc1. The van der Waals surface area contributed by atoms with E-state index in [4.69, 9.17) is 14.2 Å². The van der Waals surface area contributed by atoms with E-state index in [0.717, 1.165) is 47.3 Å². The van der Waals surface area contributed by atoms with Gasteiger partial charge in [-0.25, -0.2) is 4.79 Å². The molecule has 88 heavy (non-hydrogen) atoms. The normalized spacial score (nSPS) is 20.6. The molecule has 3 aliphatic heterocycles. The topological polar surface area (TPSA) is 271 Å². The highest BCUT2D eigenvalue weighted by Crippen LogP contribution is 2.34. The number of carbonyl (C=O) groups is 7. The van der Waals surface area contributed by atoms with Gasteiger partial charge in [0.15, 0.2) is 0 Å². The molecule has 8 atom stereocenters. The molecule has 476 valence electrons. The maximum absolute atomic E-state index is 14.6. The Balaban J connectivity index is 0.752. The van der Waals surface area contributed by atoms with Crippen LogP contribution in [0.3, 0.4) is 0 Å². The Morgan fingerprint density at radius 1 is 0.761 bits per heavy atom. The van der Waals surface area contributed by atoms with Crippen molar-refractivity contribution in [2.45, 2.75) is 145 Å². The molecule has 21 nitrogen and oxygen atoms in total. The monoisotopic (exact) mass is 1230 g/mol. The number of ether oxygens (including phenoxy) is 3. The minimum absolute atomic E-state index is 0.00859. The molecule has 4 aromatic rings. The number of aliphatic hydroxyl groups excluding tert-OH is 1.